The van der Waals surface area contributed by atoms with Crippen molar-refractivity contribution in [1.82, 2.24) is 10.2 Å². The van der Waals surface area contributed by atoms with Gasteiger partial charge in [-0.25, -0.2) is 14.4 Å². The number of likely N-dealkylation sites (tertiary alicyclic amines) is 1. The summed E-state index contributed by atoms with van der Waals surface area (Å²) < 4.78 is 5.22. The van der Waals surface area contributed by atoms with Crippen LogP contribution in [0.15, 0.2) is 12.2 Å². The number of hydrogen-bond acceptors (Lipinski definition) is 5. The molecule has 0 spiro atoms. The van der Waals surface area contributed by atoms with Crippen LogP contribution in [0.3, 0.4) is 0 Å². The summed E-state index contributed by atoms with van der Waals surface area (Å²) in [6, 6.07) is 0. The summed E-state index contributed by atoms with van der Waals surface area (Å²) in [7, 11) is 0. The number of rotatable bonds is 4. The van der Waals surface area contributed by atoms with Gasteiger partial charge >= 0.3 is 18.0 Å². The maximum absolute atomic E-state index is 12.1. The molecule has 1 saturated heterocycles. The van der Waals surface area contributed by atoms with Gasteiger partial charge in [-0.3, -0.25) is 4.79 Å². The minimum Gasteiger partial charge on any atom is -0.479 e. The number of carboxylic acids is 2. The van der Waals surface area contributed by atoms with Gasteiger partial charge in [0.1, 0.15) is 5.60 Å². The maximum Gasteiger partial charge on any atom is 0.410 e. The quantitative estimate of drug-likeness (QED) is 0.637. The summed E-state index contributed by atoms with van der Waals surface area (Å²) in [5, 5.41) is 20.3. The average molecular weight is 342 g/mol. The van der Waals surface area contributed by atoms with Gasteiger partial charge in [0.15, 0.2) is 5.54 Å². The second-order valence-corrected chi connectivity index (χ2v) is 6.55. The lowest BCUT2D eigenvalue weighted by Gasteiger charge is -2.40. The second-order valence-electron chi connectivity index (χ2n) is 6.55. The zero-order chi connectivity index (χ0) is 18.5. The lowest BCUT2D eigenvalue weighted by Crippen LogP contribution is -2.64. The van der Waals surface area contributed by atoms with Crippen LogP contribution in [-0.2, 0) is 19.1 Å². The molecule has 1 rings (SSSR count). The summed E-state index contributed by atoms with van der Waals surface area (Å²) in [5.41, 5.74) is -2.41. The van der Waals surface area contributed by atoms with E-state index in [1.54, 1.807) is 20.8 Å². The molecule has 1 unspecified atom stereocenters. The van der Waals surface area contributed by atoms with Gasteiger partial charge in [0.2, 0.25) is 5.91 Å². The number of hydrogen-bond donors (Lipinski definition) is 3. The number of carbonyl (C=O) groups excluding carboxylic acids is 2. The van der Waals surface area contributed by atoms with Crippen molar-refractivity contribution in [3.63, 3.8) is 0 Å². The van der Waals surface area contributed by atoms with Gasteiger partial charge in [0.25, 0.3) is 0 Å². The topological polar surface area (TPSA) is 133 Å². The number of piperidine rings is 1. The molecule has 0 aromatic carbocycles. The summed E-state index contributed by atoms with van der Waals surface area (Å²) in [6.45, 7) is 5.13. The number of nitrogens with zero attached hydrogens (tertiary/aromatic N) is 1. The van der Waals surface area contributed by atoms with Crippen molar-refractivity contribution in [2.45, 2.75) is 44.8 Å². The highest BCUT2D eigenvalue weighted by Gasteiger charge is 2.45. The van der Waals surface area contributed by atoms with Crippen molar-refractivity contribution in [1.29, 1.82) is 0 Å². The first kappa shape index (κ1) is 19.5. The zero-order valence-electron chi connectivity index (χ0n) is 13.9. The number of aliphatic carboxylic acids is 2. The van der Waals surface area contributed by atoms with Gasteiger partial charge < -0.3 is 25.2 Å². The SMILES string of the molecule is CC(C)(C)OC(=O)N1CCCC(NC(=O)/C=C\C(=O)O)(C(=O)O)C1. The minimum atomic E-state index is -1.69. The molecule has 9 heteroatoms. The van der Waals surface area contributed by atoms with Crippen molar-refractivity contribution < 1.29 is 34.1 Å². The molecule has 1 aliphatic heterocycles. The van der Waals surface area contributed by atoms with E-state index in [1.165, 1.54) is 4.90 Å². The summed E-state index contributed by atoms with van der Waals surface area (Å²) >= 11 is 0. The van der Waals surface area contributed by atoms with Crippen LogP contribution in [-0.4, -0.2) is 63.3 Å². The first-order valence-corrected chi connectivity index (χ1v) is 7.40. The number of carbonyl (C=O) groups is 4. The molecule has 3 N–H and O–H groups in total. The first-order chi connectivity index (χ1) is 10.9. The lowest BCUT2D eigenvalue weighted by atomic mass is 9.89. The fourth-order valence-electron chi connectivity index (χ4n) is 2.29. The van der Waals surface area contributed by atoms with Crippen molar-refractivity contribution in [2.24, 2.45) is 0 Å². The van der Waals surface area contributed by atoms with Crippen molar-refractivity contribution in [2.75, 3.05) is 13.1 Å². The van der Waals surface area contributed by atoms with Crippen LogP contribution in [0.4, 0.5) is 4.79 Å². The molecular weight excluding hydrogens is 320 g/mol. The van der Waals surface area contributed by atoms with Crippen LogP contribution in [0.2, 0.25) is 0 Å². The molecule has 0 saturated carbocycles. The van der Waals surface area contributed by atoms with E-state index in [1.807, 2.05) is 0 Å². The summed E-state index contributed by atoms with van der Waals surface area (Å²) in [5.74, 6) is -3.48. The number of nitrogens with one attached hydrogen (secondary N) is 1. The normalized spacial score (nSPS) is 21.4. The van der Waals surface area contributed by atoms with Crippen molar-refractivity contribution >= 4 is 23.9 Å². The monoisotopic (exact) mass is 342 g/mol. The van der Waals surface area contributed by atoms with Crippen LogP contribution >= 0.6 is 0 Å². The molecule has 0 radical (unpaired) electrons. The molecule has 1 heterocycles. The van der Waals surface area contributed by atoms with Gasteiger partial charge in [0.05, 0.1) is 6.54 Å². The minimum absolute atomic E-state index is 0.119. The highest BCUT2D eigenvalue weighted by molar-refractivity contribution is 5.97. The Morgan fingerprint density at radius 1 is 1.17 bits per heavy atom. The van der Waals surface area contributed by atoms with Gasteiger partial charge in [0, 0.05) is 18.7 Å². The zero-order valence-corrected chi connectivity index (χ0v) is 13.9. The van der Waals surface area contributed by atoms with Crippen LogP contribution in [0.1, 0.15) is 33.6 Å². The van der Waals surface area contributed by atoms with Gasteiger partial charge in [-0.1, -0.05) is 0 Å². The van der Waals surface area contributed by atoms with Gasteiger partial charge in [-0.2, -0.15) is 0 Å². The largest absolute Gasteiger partial charge is 0.479 e. The molecule has 0 bridgehead atoms. The molecule has 134 valence electrons. The Hall–Kier alpha value is -2.58. The fourth-order valence-corrected chi connectivity index (χ4v) is 2.29. The Kier molecular flexibility index (Phi) is 5.94. The molecule has 1 fully saturated rings. The number of carboxylic acid groups (broad SMARTS) is 2. The molecule has 1 aliphatic rings. The summed E-state index contributed by atoms with van der Waals surface area (Å²) in [6.07, 6.45) is 1.16. The van der Waals surface area contributed by atoms with Gasteiger partial charge in [-0.15, -0.1) is 0 Å². The highest BCUT2D eigenvalue weighted by Crippen LogP contribution is 2.23. The van der Waals surface area contributed by atoms with Crippen molar-refractivity contribution in [3.8, 4) is 0 Å². The maximum atomic E-state index is 12.1. The Morgan fingerprint density at radius 3 is 2.29 bits per heavy atom. The molecule has 2 amide bonds. The van der Waals surface area contributed by atoms with E-state index < -0.39 is 35.1 Å². The third-order valence-corrected chi connectivity index (χ3v) is 3.29. The second kappa shape index (κ2) is 7.33. The predicted octanol–water partition coefficient (Wildman–Crippen LogP) is 0.598. The van der Waals surface area contributed by atoms with E-state index in [0.717, 1.165) is 6.08 Å². The molecular formula is C15H22N2O7. The lowest BCUT2D eigenvalue weighted by molar-refractivity contribution is -0.149. The third kappa shape index (κ3) is 5.56. The Morgan fingerprint density at radius 2 is 1.79 bits per heavy atom. The first-order valence-electron chi connectivity index (χ1n) is 7.40. The summed E-state index contributed by atoms with van der Waals surface area (Å²) in [4.78, 5) is 47.2. The fraction of sp³-hybridized carbons (Fsp3) is 0.600. The van der Waals surface area contributed by atoms with E-state index in [2.05, 4.69) is 5.32 Å². The van der Waals surface area contributed by atoms with E-state index in [0.29, 0.717) is 19.0 Å². The molecule has 0 aromatic heterocycles. The molecule has 1 atom stereocenters. The van der Waals surface area contributed by atoms with Gasteiger partial charge in [-0.05, 0) is 33.6 Å². The van der Waals surface area contributed by atoms with Crippen LogP contribution in [0.5, 0.6) is 0 Å². The van der Waals surface area contributed by atoms with Crippen LogP contribution in [0.25, 0.3) is 0 Å². The Labute approximate surface area is 139 Å². The van der Waals surface area contributed by atoms with Crippen molar-refractivity contribution in [3.05, 3.63) is 12.2 Å². The van der Waals surface area contributed by atoms with E-state index in [4.69, 9.17) is 9.84 Å². The third-order valence-electron chi connectivity index (χ3n) is 3.29. The van der Waals surface area contributed by atoms with E-state index >= 15 is 0 Å². The number of amides is 2. The Bertz CT molecular complexity index is 565. The standard InChI is InChI=1S/C15H22N2O7/c1-14(2,3)24-13(23)17-8-4-7-15(9-17,12(21)22)16-10(18)5-6-11(19)20/h5-6H,4,7-9H2,1-3H3,(H,16,18)(H,19,20)(H,21,22)/b6-5-. The molecule has 24 heavy (non-hydrogen) atoms. The van der Waals surface area contributed by atoms with Crippen LogP contribution in [0, 0.1) is 0 Å². The van der Waals surface area contributed by atoms with E-state index in [-0.39, 0.29) is 13.0 Å². The smallest absolute Gasteiger partial charge is 0.410 e. The Balaban J connectivity index is 2.90. The van der Waals surface area contributed by atoms with E-state index in [9.17, 15) is 24.3 Å². The van der Waals surface area contributed by atoms with Crippen LogP contribution < -0.4 is 5.32 Å². The number of ether oxygens (including phenoxy) is 1. The molecule has 9 nitrogen and oxygen atoms in total. The predicted molar refractivity (Wildman–Crippen MR) is 82.3 cm³/mol. The average Bonchev–Trinajstić information content (AvgIpc) is 2.43. The highest BCUT2D eigenvalue weighted by atomic mass is 16.6. The molecule has 0 aromatic rings. The molecule has 0 aliphatic carbocycles.